The molecule has 2 rings (SSSR count). The minimum absolute atomic E-state index is 0.109. The summed E-state index contributed by atoms with van der Waals surface area (Å²) < 4.78 is 0.719. The number of amidine groups is 1. The molecule has 1 unspecified atom stereocenters. The molecule has 0 bridgehead atoms. The number of halogens is 1. The normalized spacial score (nSPS) is 24.8. The van der Waals surface area contributed by atoms with Crippen LogP contribution in [0.3, 0.4) is 0 Å². The van der Waals surface area contributed by atoms with Crippen molar-refractivity contribution < 1.29 is 0 Å². The van der Waals surface area contributed by atoms with Gasteiger partial charge in [0.15, 0.2) is 5.84 Å². The van der Waals surface area contributed by atoms with Crippen molar-refractivity contribution in [2.75, 3.05) is 0 Å². The van der Waals surface area contributed by atoms with Gasteiger partial charge in [0.05, 0.1) is 4.48 Å². The molecule has 2 aliphatic rings. The lowest BCUT2D eigenvalue weighted by molar-refractivity contribution is 0.454. The SMILES string of the molecule is C=NN1C(=N)C(Br)=C(C2CCCB(C#N)C2)N/C1=C(/C)CC. The van der Waals surface area contributed by atoms with Gasteiger partial charge in [-0.25, -0.2) is 5.26 Å². The van der Waals surface area contributed by atoms with E-state index in [2.05, 4.69) is 46.0 Å². The first-order valence-electron chi connectivity index (χ1n) is 7.65. The van der Waals surface area contributed by atoms with Gasteiger partial charge >= 0.3 is 0 Å². The average molecular weight is 362 g/mol. The molecule has 1 atom stereocenters. The van der Waals surface area contributed by atoms with Crippen molar-refractivity contribution in [2.45, 2.75) is 45.8 Å². The summed E-state index contributed by atoms with van der Waals surface area (Å²) in [4.78, 5) is 0. The van der Waals surface area contributed by atoms with Crippen molar-refractivity contribution in [3.05, 3.63) is 21.6 Å². The first-order chi connectivity index (χ1) is 10.5. The van der Waals surface area contributed by atoms with Gasteiger partial charge in [-0.15, -0.1) is 0 Å². The van der Waals surface area contributed by atoms with E-state index in [1.807, 2.05) is 6.92 Å². The van der Waals surface area contributed by atoms with Crippen molar-refractivity contribution in [1.82, 2.24) is 10.3 Å². The van der Waals surface area contributed by atoms with Gasteiger partial charge in [0.25, 0.3) is 6.71 Å². The van der Waals surface area contributed by atoms with Crippen molar-refractivity contribution in [3.8, 4) is 5.97 Å². The van der Waals surface area contributed by atoms with Gasteiger partial charge < -0.3 is 5.32 Å². The zero-order valence-corrected chi connectivity index (χ0v) is 14.7. The van der Waals surface area contributed by atoms with Crippen LogP contribution in [0.15, 0.2) is 26.7 Å². The molecule has 2 heterocycles. The fraction of sp³-hybridized carbons (Fsp3) is 0.533. The van der Waals surface area contributed by atoms with E-state index in [9.17, 15) is 5.26 Å². The van der Waals surface area contributed by atoms with Crippen LogP contribution in [0.1, 0.15) is 33.1 Å². The Morgan fingerprint density at radius 3 is 3.00 bits per heavy atom. The van der Waals surface area contributed by atoms with Gasteiger partial charge in [-0.1, -0.05) is 26.0 Å². The van der Waals surface area contributed by atoms with Crippen molar-refractivity contribution >= 4 is 35.2 Å². The summed E-state index contributed by atoms with van der Waals surface area (Å²) in [6, 6.07) is 0. The number of nitrogens with one attached hydrogen (secondary N) is 2. The standard InChI is InChI=1S/C15H21BBrN5/c1-4-10(2)15-21-13(12(17)14(19)22(15)20-3)11-6-5-7-16(8-11)9-18/h11,19,21H,3-8H2,1-2H3/b15-10+,19-14?. The molecular weight excluding hydrogens is 341 g/mol. The van der Waals surface area contributed by atoms with E-state index in [0.29, 0.717) is 5.84 Å². The van der Waals surface area contributed by atoms with Crippen LogP contribution in [0, 0.1) is 22.6 Å². The predicted octanol–water partition coefficient (Wildman–Crippen LogP) is 3.70. The summed E-state index contributed by atoms with van der Waals surface area (Å²) in [5.74, 6) is 3.79. The Kier molecular flexibility index (Phi) is 5.46. The molecule has 7 heteroatoms. The Labute approximate surface area is 140 Å². The molecule has 0 spiro atoms. The maximum Gasteiger partial charge on any atom is 0.268 e. The number of hydrogen-bond acceptors (Lipinski definition) is 4. The number of hydrogen-bond donors (Lipinski definition) is 2. The molecule has 0 amide bonds. The highest BCUT2D eigenvalue weighted by Gasteiger charge is 2.34. The second kappa shape index (κ2) is 7.14. The molecule has 1 fully saturated rings. The summed E-state index contributed by atoms with van der Waals surface area (Å²) in [6.07, 6.45) is 4.80. The molecule has 0 aromatic rings. The molecule has 0 saturated carbocycles. The van der Waals surface area contributed by atoms with E-state index >= 15 is 0 Å². The van der Waals surface area contributed by atoms with E-state index in [-0.39, 0.29) is 12.6 Å². The first kappa shape index (κ1) is 16.8. The van der Waals surface area contributed by atoms with Crippen molar-refractivity contribution in [3.63, 3.8) is 0 Å². The van der Waals surface area contributed by atoms with Crippen LogP contribution in [0.5, 0.6) is 0 Å². The predicted molar refractivity (Wildman–Crippen MR) is 94.9 cm³/mol. The number of rotatable bonds is 3. The van der Waals surface area contributed by atoms with Crippen molar-refractivity contribution in [2.24, 2.45) is 11.0 Å². The third-order valence-electron chi connectivity index (χ3n) is 4.46. The van der Waals surface area contributed by atoms with Crippen LogP contribution >= 0.6 is 15.9 Å². The zero-order chi connectivity index (χ0) is 16.3. The lowest BCUT2D eigenvalue weighted by Crippen LogP contribution is -2.42. The molecule has 0 aliphatic carbocycles. The lowest BCUT2D eigenvalue weighted by atomic mass is 9.40. The average Bonchev–Trinajstić information content (AvgIpc) is 2.56. The van der Waals surface area contributed by atoms with Gasteiger partial charge in [0.2, 0.25) is 0 Å². The Morgan fingerprint density at radius 2 is 2.41 bits per heavy atom. The van der Waals surface area contributed by atoms with Gasteiger partial charge in [0, 0.05) is 18.4 Å². The summed E-state index contributed by atoms with van der Waals surface area (Å²) in [7, 11) is 0. The molecule has 0 aromatic heterocycles. The Bertz CT molecular complexity index is 589. The van der Waals surface area contributed by atoms with Crippen molar-refractivity contribution in [1.29, 1.82) is 10.7 Å². The third-order valence-corrected chi connectivity index (χ3v) is 5.26. The van der Waals surface area contributed by atoms with Crippen LogP contribution in [0.2, 0.25) is 12.6 Å². The van der Waals surface area contributed by atoms with E-state index in [4.69, 9.17) is 5.41 Å². The molecule has 22 heavy (non-hydrogen) atoms. The highest BCUT2D eigenvalue weighted by molar-refractivity contribution is 9.12. The minimum atomic E-state index is 0.109. The fourth-order valence-corrected chi connectivity index (χ4v) is 3.61. The fourth-order valence-electron chi connectivity index (χ4n) is 3.01. The summed E-state index contributed by atoms with van der Waals surface area (Å²) in [5, 5.41) is 26.5. The molecule has 0 radical (unpaired) electrons. The Hall–Kier alpha value is -1.55. The topological polar surface area (TPSA) is 75.3 Å². The van der Waals surface area contributed by atoms with E-state index in [1.165, 1.54) is 5.01 Å². The summed E-state index contributed by atoms with van der Waals surface area (Å²) in [6.45, 7) is 7.79. The van der Waals surface area contributed by atoms with Crippen LogP contribution in [-0.2, 0) is 0 Å². The molecule has 2 aliphatic heterocycles. The monoisotopic (exact) mass is 361 g/mol. The van der Waals surface area contributed by atoms with E-state index in [1.54, 1.807) is 0 Å². The third kappa shape index (κ3) is 3.12. The van der Waals surface area contributed by atoms with Crippen LogP contribution in [0.25, 0.3) is 0 Å². The zero-order valence-electron chi connectivity index (χ0n) is 13.1. The highest BCUT2D eigenvalue weighted by atomic mass is 79.9. The maximum atomic E-state index is 9.20. The van der Waals surface area contributed by atoms with Crippen LogP contribution in [0.4, 0.5) is 0 Å². The Balaban J connectivity index is 2.38. The Morgan fingerprint density at radius 1 is 1.68 bits per heavy atom. The molecule has 1 saturated heterocycles. The number of nitriles is 1. The highest BCUT2D eigenvalue weighted by Crippen LogP contribution is 2.36. The van der Waals surface area contributed by atoms with E-state index in [0.717, 1.165) is 53.5 Å². The maximum absolute atomic E-state index is 9.20. The number of allylic oxidation sites excluding steroid dienone is 2. The molecular formula is C15H21BBrN5. The second-order valence-electron chi connectivity index (χ2n) is 5.83. The molecule has 2 N–H and O–H groups in total. The van der Waals surface area contributed by atoms with Gasteiger partial charge in [0.1, 0.15) is 5.82 Å². The van der Waals surface area contributed by atoms with Gasteiger partial charge in [-0.2, -0.15) is 10.1 Å². The van der Waals surface area contributed by atoms with Crippen LogP contribution in [-0.4, -0.2) is 24.3 Å². The number of nitrogens with zero attached hydrogens (tertiary/aromatic N) is 3. The smallest absolute Gasteiger partial charge is 0.268 e. The lowest BCUT2D eigenvalue weighted by Gasteiger charge is -2.36. The molecule has 116 valence electrons. The quantitative estimate of drug-likeness (QED) is 0.594. The number of hydrazone groups is 1. The van der Waals surface area contributed by atoms with Gasteiger partial charge in [-0.3, -0.25) is 5.41 Å². The van der Waals surface area contributed by atoms with Gasteiger partial charge in [-0.05, 0) is 47.2 Å². The van der Waals surface area contributed by atoms with Crippen LogP contribution < -0.4 is 5.32 Å². The summed E-state index contributed by atoms with van der Waals surface area (Å²) >= 11 is 3.53. The first-order valence-corrected chi connectivity index (χ1v) is 8.44. The largest absolute Gasteiger partial charge is 0.342 e. The summed E-state index contributed by atoms with van der Waals surface area (Å²) in [5.41, 5.74) is 2.13. The second-order valence-corrected chi connectivity index (χ2v) is 6.62. The van der Waals surface area contributed by atoms with E-state index < -0.39 is 0 Å². The molecule has 0 aromatic carbocycles. The minimum Gasteiger partial charge on any atom is -0.342 e. The molecule has 5 nitrogen and oxygen atoms in total.